The summed E-state index contributed by atoms with van der Waals surface area (Å²) in [5.74, 6) is 0.640. The van der Waals surface area contributed by atoms with Crippen molar-refractivity contribution in [2.45, 2.75) is 12.8 Å². The summed E-state index contributed by atoms with van der Waals surface area (Å²) < 4.78 is 6.48. The fourth-order valence-electron chi connectivity index (χ4n) is 2.31. The molecule has 0 aliphatic heterocycles. The number of carboxylic acids is 1. The molecule has 0 unspecified atom stereocenters. The molecule has 0 aliphatic rings. The molecular formula is C17H15BrN2O3. The standard InChI is InChI=1S/C17H15BrN2O3/c18-12-3-1-2-11(8-12)9-16-19-14-5-4-13(10-15(14)20-16)23-7-6-17(21)22/h1-5,8,10H,6-7,9H2,(H,19,20)(H,21,22). The van der Waals surface area contributed by atoms with E-state index in [0.29, 0.717) is 12.2 Å². The Morgan fingerprint density at radius 2 is 2.13 bits per heavy atom. The number of ether oxygens (including phenoxy) is 1. The van der Waals surface area contributed by atoms with Crippen LogP contribution in [0, 0.1) is 0 Å². The van der Waals surface area contributed by atoms with E-state index in [1.54, 1.807) is 6.07 Å². The molecule has 2 aromatic carbocycles. The Hall–Kier alpha value is -2.34. The lowest BCUT2D eigenvalue weighted by atomic mass is 10.1. The predicted octanol–water partition coefficient (Wildman–Crippen LogP) is 3.77. The molecular weight excluding hydrogens is 360 g/mol. The van der Waals surface area contributed by atoms with E-state index in [1.807, 2.05) is 24.3 Å². The van der Waals surface area contributed by atoms with E-state index < -0.39 is 5.97 Å². The maximum atomic E-state index is 10.5. The minimum Gasteiger partial charge on any atom is -0.493 e. The summed E-state index contributed by atoms with van der Waals surface area (Å²) in [5, 5.41) is 8.63. The number of carbonyl (C=O) groups is 1. The third-order valence-electron chi connectivity index (χ3n) is 3.35. The smallest absolute Gasteiger partial charge is 0.306 e. The van der Waals surface area contributed by atoms with Gasteiger partial charge in [-0.15, -0.1) is 0 Å². The van der Waals surface area contributed by atoms with Crippen LogP contribution in [-0.4, -0.2) is 27.7 Å². The van der Waals surface area contributed by atoms with Gasteiger partial charge in [0.15, 0.2) is 0 Å². The SMILES string of the molecule is O=C(O)CCOc1ccc2nc(Cc3cccc(Br)c3)[nH]c2c1. The first-order valence-corrected chi connectivity index (χ1v) is 7.97. The number of imidazole rings is 1. The van der Waals surface area contributed by atoms with Gasteiger partial charge in [-0.25, -0.2) is 4.98 Å². The van der Waals surface area contributed by atoms with Crippen molar-refractivity contribution < 1.29 is 14.6 Å². The van der Waals surface area contributed by atoms with Crippen LogP contribution in [0.2, 0.25) is 0 Å². The molecule has 0 spiro atoms. The highest BCUT2D eigenvalue weighted by Gasteiger charge is 2.06. The molecule has 0 saturated carbocycles. The van der Waals surface area contributed by atoms with Crippen LogP contribution in [0.25, 0.3) is 11.0 Å². The van der Waals surface area contributed by atoms with Gasteiger partial charge >= 0.3 is 5.97 Å². The molecule has 5 nitrogen and oxygen atoms in total. The van der Waals surface area contributed by atoms with Gasteiger partial charge in [0.1, 0.15) is 11.6 Å². The van der Waals surface area contributed by atoms with E-state index in [9.17, 15) is 4.79 Å². The molecule has 118 valence electrons. The molecule has 0 saturated heterocycles. The van der Waals surface area contributed by atoms with E-state index in [-0.39, 0.29) is 13.0 Å². The lowest BCUT2D eigenvalue weighted by Crippen LogP contribution is -2.04. The number of nitrogens with zero attached hydrogens (tertiary/aromatic N) is 1. The minimum absolute atomic E-state index is 0.0187. The van der Waals surface area contributed by atoms with E-state index in [1.165, 1.54) is 0 Å². The number of aromatic amines is 1. The van der Waals surface area contributed by atoms with Crippen LogP contribution in [0.4, 0.5) is 0 Å². The van der Waals surface area contributed by atoms with Gasteiger partial charge in [-0.3, -0.25) is 4.79 Å². The van der Waals surface area contributed by atoms with Crippen molar-refractivity contribution in [2.24, 2.45) is 0 Å². The third-order valence-corrected chi connectivity index (χ3v) is 3.84. The highest BCUT2D eigenvalue weighted by atomic mass is 79.9. The molecule has 0 fully saturated rings. The number of benzene rings is 2. The van der Waals surface area contributed by atoms with E-state index in [4.69, 9.17) is 9.84 Å². The first-order valence-electron chi connectivity index (χ1n) is 7.18. The Morgan fingerprint density at radius 1 is 1.26 bits per heavy atom. The number of H-pyrrole nitrogens is 1. The number of halogens is 1. The molecule has 23 heavy (non-hydrogen) atoms. The van der Waals surface area contributed by atoms with Crippen molar-refractivity contribution in [3.8, 4) is 5.75 Å². The fourth-order valence-corrected chi connectivity index (χ4v) is 2.76. The molecule has 0 atom stereocenters. The number of fused-ring (bicyclic) bond motifs is 1. The zero-order valence-corrected chi connectivity index (χ0v) is 13.8. The number of hydrogen-bond donors (Lipinski definition) is 2. The highest BCUT2D eigenvalue weighted by Crippen LogP contribution is 2.21. The molecule has 0 amide bonds. The summed E-state index contributed by atoms with van der Waals surface area (Å²) in [6, 6.07) is 13.6. The largest absolute Gasteiger partial charge is 0.493 e. The van der Waals surface area contributed by atoms with Crippen molar-refractivity contribution >= 4 is 32.9 Å². The summed E-state index contributed by atoms with van der Waals surface area (Å²) in [5.41, 5.74) is 2.90. The van der Waals surface area contributed by atoms with Crippen LogP contribution in [-0.2, 0) is 11.2 Å². The number of aliphatic carboxylic acids is 1. The Bertz CT molecular complexity index is 845. The van der Waals surface area contributed by atoms with E-state index in [0.717, 1.165) is 26.9 Å². The van der Waals surface area contributed by atoms with Crippen molar-refractivity contribution in [1.82, 2.24) is 9.97 Å². The summed E-state index contributed by atoms with van der Waals surface area (Å²) in [7, 11) is 0. The van der Waals surface area contributed by atoms with E-state index >= 15 is 0 Å². The zero-order chi connectivity index (χ0) is 16.2. The molecule has 0 radical (unpaired) electrons. The van der Waals surface area contributed by atoms with Crippen LogP contribution in [0.1, 0.15) is 17.8 Å². The van der Waals surface area contributed by atoms with Crippen LogP contribution in [0.15, 0.2) is 46.9 Å². The van der Waals surface area contributed by atoms with Gasteiger partial charge in [-0.1, -0.05) is 28.1 Å². The van der Waals surface area contributed by atoms with Crippen LogP contribution >= 0.6 is 15.9 Å². The second-order valence-electron chi connectivity index (χ2n) is 5.16. The maximum Gasteiger partial charge on any atom is 0.306 e. The summed E-state index contributed by atoms with van der Waals surface area (Å²) in [6.45, 7) is 0.153. The van der Waals surface area contributed by atoms with E-state index in [2.05, 4.69) is 38.0 Å². The molecule has 6 heteroatoms. The van der Waals surface area contributed by atoms with Gasteiger partial charge in [-0.2, -0.15) is 0 Å². The normalized spacial score (nSPS) is 10.8. The van der Waals surface area contributed by atoms with Gasteiger partial charge in [0.2, 0.25) is 0 Å². The average molecular weight is 375 g/mol. The van der Waals surface area contributed by atoms with Crippen LogP contribution in [0.5, 0.6) is 5.75 Å². The Balaban J connectivity index is 1.75. The summed E-state index contributed by atoms with van der Waals surface area (Å²) >= 11 is 3.46. The molecule has 3 rings (SSSR count). The number of hydrogen-bond acceptors (Lipinski definition) is 3. The molecule has 0 bridgehead atoms. The quantitative estimate of drug-likeness (QED) is 0.688. The van der Waals surface area contributed by atoms with Crippen molar-refractivity contribution in [1.29, 1.82) is 0 Å². The lowest BCUT2D eigenvalue weighted by Gasteiger charge is -2.03. The second-order valence-corrected chi connectivity index (χ2v) is 6.08. The molecule has 1 aromatic heterocycles. The highest BCUT2D eigenvalue weighted by molar-refractivity contribution is 9.10. The topological polar surface area (TPSA) is 75.2 Å². The molecule has 3 aromatic rings. The second kappa shape index (κ2) is 6.83. The van der Waals surface area contributed by atoms with Gasteiger partial charge in [0.25, 0.3) is 0 Å². The van der Waals surface area contributed by atoms with Crippen molar-refractivity contribution in [3.05, 3.63) is 58.3 Å². The average Bonchev–Trinajstić information content (AvgIpc) is 2.88. The summed E-state index contributed by atoms with van der Waals surface area (Å²) in [4.78, 5) is 18.4. The summed E-state index contributed by atoms with van der Waals surface area (Å²) in [6.07, 6.45) is 0.693. The first kappa shape index (κ1) is 15.6. The van der Waals surface area contributed by atoms with Crippen molar-refractivity contribution in [3.63, 3.8) is 0 Å². The Morgan fingerprint density at radius 3 is 2.91 bits per heavy atom. The Labute approximate surface area is 141 Å². The number of aromatic nitrogens is 2. The number of carboxylic acid groups (broad SMARTS) is 1. The molecule has 2 N–H and O–H groups in total. The fraction of sp³-hybridized carbons (Fsp3) is 0.176. The lowest BCUT2D eigenvalue weighted by molar-refractivity contribution is -0.137. The van der Waals surface area contributed by atoms with Gasteiger partial charge in [-0.05, 0) is 29.8 Å². The van der Waals surface area contributed by atoms with Gasteiger partial charge < -0.3 is 14.8 Å². The molecule has 1 heterocycles. The minimum atomic E-state index is -0.871. The third kappa shape index (κ3) is 4.10. The Kier molecular flexibility index (Phi) is 4.62. The number of nitrogens with one attached hydrogen (secondary N) is 1. The van der Waals surface area contributed by atoms with Gasteiger partial charge in [0.05, 0.1) is 24.1 Å². The van der Waals surface area contributed by atoms with Crippen LogP contribution in [0.3, 0.4) is 0 Å². The first-order chi connectivity index (χ1) is 11.1. The molecule has 0 aliphatic carbocycles. The zero-order valence-electron chi connectivity index (χ0n) is 12.3. The monoisotopic (exact) mass is 374 g/mol. The van der Waals surface area contributed by atoms with Gasteiger partial charge in [0, 0.05) is 17.0 Å². The van der Waals surface area contributed by atoms with Crippen molar-refractivity contribution in [2.75, 3.05) is 6.61 Å². The van der Waals surface area contributed by atoms with Crippen LogP contribution < -0.4 is 4.74 Å². The maximum absolute atomic E-state index is 10.5. The predicted molar refractivity (Wildman–Crippen MR) is 90.8 cm³/mol. The number of rotatable bonds is 6.